The van der Waals surface area contributed by atoms with Crippen LogP contribution in [0.5, 0.6) is 0 Å². The number of amides is 1. The van der Waals surface area contributed by atoms with Gasteiger partial charge in [-0.3, -0.25) is 4.79 Å². The largest absolute Gasteiger partial charge is 0.480 e. The molecular weight excluding hydrogens is 208 g/mol. The lowest BCUT2D eigenvalue weighted by Gasteiger charge is -2.24. The summed E-state index contributed by atoms with van der Waals surface area (Å²) in [5.41, 5.74) is 0. The summed E-state index contributed by atoms with van der Waals surface area (Å²) in [4.78, 5) is 22.8. The molecule has 5 heteroatoms. The molecule has 3 N–H and O–H groups in total. The van der Waals surface area contributed by atoms with E-state index in [-0.39, 0.29) is 17.9 Å². The Labute approximate surface area is 94.6 Å². The molecule has 16 heavy (non-hydrogen) atoms. The van der Waals surface area contributed by atoms with Crippen LogP contribution in [0.25, 0.3) is 0 Å². The number of aliphatic carboxylic acids is 1. The van der Waals surface area contributed by atoms with Gasteiger partial charge in [0, 0.05) is 0 Å². The number of rotatable bonds is 4. The van der Waals surface area contributed by atoms with Crippen molar-refractivity contribution >= 4 is 11.9 Å². The van der Waals surface area contributed by atoms with E-state index in [1.54, 1.807) is 0 Å². The van der Waals surface area contributed by atoms with Crippen molar-refractivity contribution in [1.29, 1.82) is 0 Å². The van der Waals surface area contributed by atoms with Crippen LogP contribution < -0.4 is 10.6 Å². The molecule has 5 nitrogen and oxygen atoms in total. The van der Waals surface area contributed by atoms with Crippen molar-refractivity contribution in [2.24, 2.45) is 5.92 Å². The van der Waals surface area contributed by atoms with Gasteiger partial charge in [0.1, 0.15) is 6.04 Å². The smallest absolute Gasteiger partial charge is 0.326 e. The first-order valence-corrected chi connectivity index (χ1v) is 5.95. The Bertz CT molecular complexity index is 283. The fourth-order valence-electron chi connectivity index (χ4n) is 2.14. The van der Waals surface area contributed by atoms with Crippen molar-refractivity contribution in [2.45, 2.75) is 44.2 Å². The van der Waals surface area contributed by atoms with E-state index in [1.807, 2.05) is 0 Å². The second-order valence-electron chi connectivity index (χ2n) is 4.66. The summed E-state index contributed by atoms with van der Waals surface area (Å²) in [6.07, 6.45) is 4.76. The fourth-order valence-corrected chi connectivity index (χ4v) is 2.14. The van der Waals surface area contributed by atoms with Crippen molar-refractivity contribution < 1.29 is 14.7 Å². The normalized spacial score (nSPS) is 27.1. The molecule has 1 heterocycles. The number of carboxylic acids is 1. The molecule has 0 aromatic heterocycles. The molecule has 2 fully saturated rings. The maximum absolute atomic E-state index is 11.8. The zero-order chi connectivity index (χ0) is 11.5. The van der Waals surface area contributed by atoms with Crippen molar-refractivity contribution in [3.05, 3.63) is 0 Å². The predicted octanol–water partition coefficient (Wildman–Crippen LogP) is 0.108. The van der Waals surface area contributed by atoms with Crippen molar-refractivity contribution in [1.82, 2.24) is 10.6 Å². The summed E-state index contributed by atoms with van der Waals surface area (Å²) in [5.74, 6) is -0.921. The van der Waals surface area contributed by atoms with Crippen LogP contribution in [0.4, 0.5) is 0 Å². The van der Waals surface area contributed by atoms with Crippen molar-refractivity contribution in [3.8, 4) is 0 Å². The fraction of sp³-hybridized carbons (Fsp3) is 0.818. The van der Waals surface area contributed by atoms with Gasteiger partial charge in [-0.05, 0) is 38.1 Å². The highest BCUT2D eigenvalue weighted by Crippen LogP contribution is 2.32. The van der Waals surface area contributed by atoms with E-state index in [1.165, 1.54) is 0 Å². The van der Waals surface area contributed by atoms with Crippen molar-refractivity contribution in [2.75, 3.05) is 6.54 Å². The van der Waals surface area contributed by atoms with Crippen LogP contribution in [0, 0.1) is 5.92 Å². The van der Waals surface area contributed by atoms with Crippen LogP contribution in [0.2, 0.25) is 0 Å². The van der Waals surface area contributed by atoms with Crippen LogP contribution in [0.15, 0.2) is 0 Å². The summed E-state index contributed by atoms with van der Waals surface area (Å²) in [5, 5.41) is 14.8. The second-order valence-corrected chi connectivity index (χ2v) is 4.66. The number of carbonyl (C=O) groups excluding carboxylic acids is 1. The van der Waals surface area contributed by atoms with Gasteiger partial charge >= 0.3 is 5.97 Å². The molecule has 1 aliphatic carbocycles. The van der Waals surface area contributed by atoms with E-state index in [9.17, 15) is 9.59 Å². The molecule has 1 saturated carbocycles. The lowest BCUT2D eigenvalue weighted by atomic mass is 10.0. The number of hydrogen-bond acceptors (Lipinski definition) is 3. The summed E-state index contributed by atoms with van der Waals surface area (Å²) >= 11 is 0. The Balaban J connectivity index is 1.86. The van der Waals surface area contributed by atoms with E-state index in [0.29, 0.717) is 0 Å². The van der Waals surface area contributed by atoms with Gasteiger partial charge in [-0.15, -0.1) is 0 Å². The average Bonchev–Trinajstić information content (AvgIpc) is 3.10. The first kappa shape index (κ1) is 11.4. The lowest BCUT2D eigenvalue weighted by molar-refractivity contribution is -0.142. The molecule has 0 radical (unpaired) electrons. The van der Waals surface area contributed by atoms with Crippen LogP contribution in [-0.2, 0) is 9.59 Å². The average molecular weight is 226 g/mol. The zero-order valence-corrected chi connectivity index (χ0v) is 9.24. The summed E-state index contributed by atoms with van der Waals surface area (Å²) in [6.45, 7) is 0.846. The number of nitrogens with one attached hydrogen (secondary N) is 2. The van der Waals surface area contributed by atoms with Gasteiger partial charge in [0.25, 0.3) is 0 Å². The molecule has 1 amide bonds. The molecule has 1 aliphatic heterocycles. The minimum atomic E-state index is -0.911. The van der Waals surface area contributed by atoms with Crippen LogP contribution >= 0.6 is 0 Å². The van der Waals surface area contributed by atoms with Gasteiger partial charge in [-0.1, -0.05) is 6.42 Å². The SMILES string of the molecule is O=C(O)C(NC(=O)[C@@H]1CCCCN1)C1CC1. The number of carbonyl (C=O) groups is 2. The first-order chi connectivity index (χ1) is 7.68. The highest BCUT2D eigenvalue weighted by molar-refractivity contribution is 5.87. The molecule has 1 saturated heterocycles. The van der Waals surface area contributed by atoms with Crippen LogP contribution in [0.1, 0.15) is 32.1 Å². The molecule has 2 rings (SSSR count). The van der Waals surface area contributed by atoms with E-state index in [4.69, 9.17) is 5.11 Å². The van der Waals surface area contributed by atoms with Crippen LogP contribution in [0.3, 0.4) is 0 Å². The van der Waals surface area contributed by atoms with Gasteiger partial charge in [-0.25, -0.2) is 4.79 Å². The molecule has 1 unspecified atom stereocenters. The maximum atomic E-state index is 11.8. The highest BCUT2D eigenvalue weighted by Gasteiger charge is 2.38. The van der Waals surface area contributed by atoms with E-state index in [0.717, 1.165) is 38.6 Å². The Morgan fingerprint density at radius 3 is 2.50 bits per heavy atom. The monoisotopic (exact) mass is 226 g/mol. The quantitative estimate of drug-likeness (QED) is 0.635. The van der Waals surface area contributed by atoms with E-state index >= 15 is 0 Å². The molecule has 2 aliphatic rings. The van der Waals surface area contributed by atoms with Gasteiger partial charge in [0.2, 0.25) is 5.91 Å². The highest BCUT2D eigenvalue weighted by atomic mass is 16.4. The summed E-state index contributed by atoms with van der Waals surface area (Å²) in [6, 6.07) is -0.884. The molecule has 0 aromatic rings. The second kappa shape index (κ2) is 4.82. The topological polar surface area (TPSA) is 78.4 Å². The van der Waals surface area contributed by atoms with Gasteiger partial charge in [0.05, 0.1) is 6.04 Å². The third kappa shape index (κ3) is 2.72. The molecule has 0 aromatic carbocycles. The Kier molecular flexibility index (Phi) is 3.43. The van der Waals surface area contributed by atoms with Crippen LogP contribution in [-0.4, -0.2) is 35.6 Å². The zero-order valence-electron chi connectivity index (χ0n) is 9.24. The van der Waals surface area contributed by atoms with E-state index < -0.39 is 12.0 Å². The number of carboxylic acid groups (broad SMARTS) is 1. The molecule has 0 bridgehead atoms. The van der Waals surface area contributed by atoms with Gasteiger partial charge in [0.15, 0.2) is 0 Å². The molecule has 0 spiro atoms. The van der Waals surface area contributed by atoms with E-state index in [2.05, 4.69) is 10.6 Å². The Hall–Kier alpha value is -1.10. The lowest BCUT2D eigenvalue weighted by Crippen LogP contribution is -2.52. The third-order valence-electron chi connectivity index (χ3n) is 3.28. The minimum absolute atomic E-state index is 0.144. The number of hydrogen-bond donors (Lipinski definition) is 3. The Morgan fingerprint density at radius 2 is 2.00 bits per heavy atom. The number of piperidine rings is 1. The Morgan fingerprint density at radius 1 is 1.25 bits per heavy atom. The standard InChI is InChI=1S/C11H18N2O3/c14-10(8-3-1-2-6-12-8)13-9(11(15)16)7-4-5-7/h7-9,12H,1-6H2,(H,13,14)(H,15,16)/t8-,9?/m0/s1. The first-order valence-electron chi connectivity index (χ1n) is 5.95. The third-order valence-corrected chi connectivity index (χ3v) is 3.28. The molecule has 90 valence electrons. The maximum Gasteiger partial charge on any atom is 0.326 e. The summed E-state index contributed by atoms with van der Waals surface area (Å²) < 4.78 is 0. The molecular formula is C11H18N2O3. The predicted molar refractivity (Wildman–Crippen MR) is 57.9 cm³/mol. The molecule has 2 atom stereocenters. The summed E-state index contributed by atoms with van der Waals surface area (Å²) in [7, 11) is 0. The van der Waals surface area contributed by atoms with Crippen molar-refractivity contribution in [3.63, 3.8) is 0 Å². The van der Waals surface area contributed by atoms with Gasteiger partial charge < -0.3 is 15.7 Å². The minimum Gasteiger partial charge on any atom is -0.480 e. The van der Waals surface area contributed by atoms with Gasteiger partial charge in [-0.2, -0.15) is 0 Å².